The van der Waals surface area contributed by atoms with E-state index in [0.717, 1.165) is 6.54 Å². The highest BCUT2D eigenvalue weighted by Crippen LogP contribution is 2.15. The van der Waals surface area contributed by atoms with Gasteiger partial charge in [-0.15, -0.1) is 5.10 Å². The molecule has 86 valence electrons. The number of nitrogens with zero attached hydrogens (tertiary/aromatic N) is 2. The highest BCUT2D eigenvalue weighted by molar-refractivity contribution is 7.08. The number of rotatable bonds is 5. The lowest BCUT2D eigenvalue weighted by Gasteiger charge is -1.99. The quantitative estimate of drug-likeness (QED) is 0.831. The van der Waals surface area contributed by atoms with Crippen molar-refractivity contribution < 1.29 is 4.42 Å². The predicted octanol–water partition coefficient (Wildman–Crippen LogP) is 1.77. The fourth-order valence-electron chi connectivity index (χ4n) is 1.29. The molecule has 0 spiro atoms. The summed E-state index contributed by atoms with van der Waals surface area (Å²) in [5.41, 5.74) is 2.55. The second-order valence-electron chi connectivity index (χ2n) is 3.46. The van der Waals surface area contributed by atoms with Crippen molar-refractivity contribution >= 4 is 17.4 Å². The molecule has 16 heavy (non-hydrogen) atoms. The van der Waals surface area contributed by atoms with Gasteiger partial charge in [0, 0.05) is 6.54 Å². The summed E-state index contributed by atoms with van der Waals surface area (Å²) in [7, 11) is 1.84. The first-order chi connectivity index (χ1) is 7.79. The third-order valence-corrected chi connectivity index (χ3v) is 3.10. The van der Waals surface area contributed by atoms with Crippen LogP contribution in [0.4, 0.5) is 6.01 Å². The third-order valence-electron chi connectivity index (χ3n) is 2.19. The maximum absolute atomic E-state index is 5.37. The normalized spacial score (nSPS) is 10.6. The predicted molar refractivity (Wildman–Crippen MR) is 63.4 cm³/mol. The molecule has 0 aliphatic heterocycles. The summed E-state index contributed by atoms with van der Waals surface area (Å²) >= 11 is 1.70. The first kappa shape index (κ1) is 11.1. The van der Waals surface area contributed by atoms with Gasteiger partial charge in [0.15, 0.2) is 0 Å². The van der Waals surface area contributed by atoms with Gasteiger partial charge in [-0.1, -0.05) is 5.10 Å². The molecule has 0 fully saturated rings. The van der Waals surface area contributed by atoms with Crippen LogP contribution in [0.25, 0.3) is 0 Å². The Labute approximate surface area is 97.9 Å². The molecule has 2 N–H and O–H groups in total. The molecule has 0 amide bonds. The van der Waals surface area contributed by atoms with E-state index < -0.39 is 0 Å². The fourth-order valence-corrected chi connectivity index (χ4v) is 2.14. The van der Waals surface area contributed by atoms with Crippen molar-refractivity contribution in [2.24, 2.45) is 0 Å². The van der Waals surface area contributed by atoms with Crippen LogP contribution in [-0.2, 0) is 13.1 Å². The smallest absolute Gasteiger partial charge is 0.315 e. The molecule has 0 saturated heterocycles. The highest BCUT2D eigenvalue weighted by atomic mass is 32.1. The lowest BCUT2D eigenvalue weighted by Crippen LogP contribution is -2.04. The van der Waals surface area contributed by atoms with Gasteiger partial charge in [-0.25, -0.2) is 0 Å². The number of aromatic nitrogens is 2. The molecule has 0 saturated carbocycles. The van der Waals surface area contributed by atoms with E-state index >= 15 is 0 Å². The van der Waals surface area contributed by atoms with Crippen molar-refractivity contribution in [1.29, 1.82) is 0 Å². The zero-order chi connectivity index (χ0) is 11.4. The van der Waals surface area contributed by atoms with Crippen LogP contribution in [0.1, 0.15) is 17.0 Å². The zero-order valence-corrected chi connectivity index (χ0v) is 10.1. The van der Waals surface area contributed by atoms with E-state index in [9.17, 15) is 0 Å². The molecular formula is C10H14N4OS. The van der Waals surface area contributed by atoms with Crippen LogP contribution >= 0.6 is 11.3 Å². The molecule has 6 heteroatoms. The molecule has 0 bridgehead atoms. The third kappa shape index (κ3) is 2.59. The van der Waals surface area contributed by atoms with E-state index in [4.69, 9.17) is 4.42 Å². The summed E-state index contributed by atoms with van der Waals surface area (Å²) in [5.74, 6) is 0.590. The Bertz CT molecular complexity index is 451. The monoisotopic (exact) mass is 238 g/mol. The van der Waals surface area contributed by atoms with Crippen molar-refractivity contribution in [3.8, 4) is 0 Å². The molecule has 0 atom stereocenters. The molecule has 0 aliphatic rings. The van der Waals surface area contributed by atoms with Crippen molar-refractivity contribution in [2.45, 2.75) is 20.0 Å². The highest BCUT2D eigenvalue weighted by Gasteiger charge is 2.05. The van der Waals surface area contributed by atoms with E-state index in [2.05, 4.69) is 38.5 Å². The van der Waals surface area contributed by atoms with Crippen LogP contribution in [0.5, 0.6) is 0 Å². The van der Waals surface area contributed by atoms with Gasteiger partial charge in [-0.2, -0.15) is 11.3 Å². The molecule has 2 rings (SSSR count). The lowest BCUT2D eigenvalue weighted by atomic mass is 10.2. The summed E-state index contributed by atoms with van der Waals surface area (Å²) in [6.45, 7) is 3.40. The van der Waals surface area contributed by atoms with E-state index in [1.165, 1.54) is 11.1 Å². The summed E-state index contributed by atoms with van der Waals surface area (Å²) in [6.07, 6.45) is 0. The number of hydrogen-bond acceptors (Lipinski definition) is 6. The standard InChI is InChI=1S/C10H14N4OS/c1-7-5-16-6-8(7)3-12-10-14-13-9(15-10)4-11-2/h5-6,11H,3-4H2,1-2H3,(H,12,14). The summed E-state index contributed by atoms with van der Waals surface area (Å²) in [5, 5.41) is 18.1. The van der Waals surface area contributed by atoms with E-state index in [1.54, 1.807) is 11.3 Å². The number of anilines is 1. The minimum absolute atomic E-state index is 0.468. The van der Waals surface area contributed by atoms with Gasteiger partial charge in [-0.3, -0.25) is 0 Å². The van der Waals surface area contributed by atoms with Gasteiger partial charge >= 0.3 is 6.01 Å². The zero-order valence-electron chi connectivity index (χ0n) is 9.28. The number of thiophene rings is 1. The largest absolute Gasteiger partial charge is 0.407 e. The Kier molecular flexibility index (Phi) is 3.53. The second-order valence-corrected chi connectivity index (χ2v) is 4.21. The number of hydrogen-bond donors (Lipinski definition) is 2. The Balaban J connectivity index is 1.92. The SMILES string of the molecule is CNCc1nnc(NCc2cscc2C)o1. The van der Waals surface area contributed by atoms with Crippen LogP contribution in [0.3, 0.4) is 0 Å². The van der Waals surface area contributed by atoms with Gasteiger partial charge in [0.1, 0.15) is 0 Å². The Morgan fingerprint density at radius 2 is 2.19 bits per heavy atom. The Morgan fingerprint density at radius 1 is 1.31 bits per heavy atom. The van der Waals surface area contributed by atoms with E-state index in [0.29, 0.717) is 18.5 Å². The van der Waals surface area contributed by atoms with Gasteiger partial charge < -0.3 is 15.1 Å². The average Bonchev–Trinajstić information content (AvgIpc) is 2.86. The van der Waals surface area contributed by atoms with Crippen molar-refractivity contribution in [1.82, 2.24) is 15.5 Å². The molecule has 0 radical (unpaired) electrons. The summed E-state index contributed by atoms with van der Waals surface area (Å²) in [6, 6.07) is 0.468. The van der Waals surface area contributed by atoms with Gasteiger partial charge in [0.05, 0.1) is 6.54 Å². The van der Waals surface area contributed by atoms with Gasteiger partial charge in [-0.05, 0) is 35.9 Å². The van der Waals surface area contributed by atoms with Gasteiger partial charge in [0.2, 0.25) is 5.89 Å². The van der Waals surface area contributed by atoms with Crippen molar-refractivity contribution in [3.05, 3.63) is 27.8 Å². The van der Waals surface area contributed by atoms with Crippen LogP contribution < -0.4 is 10.6 Å². The van der Waals surface area contributed by atoms with Crippen LogP contribution in [0, 0.1) is 6.92 Å². The first-order valence-electron chi connectivity index (χ1n) is 5.02. The van der Waals surface area contributed by atoms with E-state index in [-0.39, 0.29) is 0 Å². The molecule has 2 aromatic rings. The summed E-state index contributed by atoms with van der Waals surface area (Å²) in [4.78, 5) is 0. The number of nitrogens with one attached hydrogen (secondary N) is 2. The Morgan fingerprint density at radius 3 is 2.88 bits per heavy atom. The molecule has 2 aromatic heterocycles. The molecule has 0 aliphatic carbocycles. The maximum Gasteiger partial charge on any atom is 0.315 e. The van der Waals surface area contributed by atoms with Crippen LogP contribution in [-0.4, -0.2) is 17.2 Å². The van der Waals surface area contributed by atoms with Crippen molar-refractivity contribution in [3.63, 3.8) is 0 Å². The lowest BCUT2D eigenvalue weighted by molar-refractivity contribution is 0.489. The minimum Gasteiger partial charge on any atom is -0.407 e. The van der Waals surface area contributed by atoms with Crippen molar-refractivity contribution in [2.75, 3.05) is 12.4 Å². The summed E-state index contributed by atoms with van der Waals surface area (Å²) < 4.78 is 5.37. The molecule has 5 nitrogen and oxygen atoms in total. The molecule has 2 heterocycles. The van der Waals surface area contributed by atoms with E-state index in [1.807, 2.05) is 7.05 Å². The average molecular weight is 238 g/mol. The molecule has 0 aromatic carbocycles. The first-order valence-corrected chi connectivity index (χ1v) is 5.96. The number of aryl methyl sites for hydroxylation is 1. The molecule has 0 unspecified atom stereocenters. The molecular weight excluding hydrogens is 224 g/mol. The fraction of sp³-hybridized carbons (Fsp3) is 0.400. The second kappa shape index (κ2) is 5.09. The van der Waals surface area contributed by atoms with Crippen LogP contribution in [0.15, 0.2) is 15.2 Å². The Hall–Kier alpha value is -1.40. The minimum atomic E-state index is 0.468. The maximum atomic E-state index is 5.37. The van der Waals surface area contributed by atoms with Crippen LogP contribution in [0.2, 0.25) is 0 Å². The van der Waals surface area contributed by atoms with Gasteiger partial charge in [0.25, 0.3) is 0 Å². The topological polar surface area (TPSA) is 63.0 Å².